The molecule has 284 valence electrons. The highest BCUT2D eigenvalue weighted by molar-refractivity contribution is 5.84. The first-order valence-corrected chi connectivity index (χ1v) is 20.6. The zero-order valence-corrected chi connectivity index (χ0v) is 33.9. The van der Waals surface area contributed by atoms with E-state index >= 15 is 0 Å². The lowest BCUT2D eigenvalue weighted by atomic mass is 9.63. The number of fused-ring (bicyclic) bond motifs is 1. The molecular formula is C56H50N2. The maximum Gasteiger partial charge on any atom is 0.0467 e. The minimum atomic E-state index is 0.106. The smallest absolute Gasteiger partial charge is 0.0467 e. The number of anilines is 6. The monoisotopic (exact) mass is 750 g/mol. The quantitative estimate of drug-likeness (QED) is 0.145. The molecule has 0 aliphatic heterocycles. The Hall–Kier alpha value is -6.64. The summed E-state index contributed by atoms with van der Waals surface area (Å²) >= 11 is 0. The Morgan fingerprint density at radius 2 is 0.603 bits per heavy atom. The fourth-order valence-corrected chi connectivity index (χ4v) is 8.70. The van der Waals surface area contributed by atoms with Crippen molar-refractivity contribution < 1.29 is 0 Å². The molecule has 0 unspecified atom stereocenters. The van der Waals surface area contributed by atoms with Gasteiger partial charge in [0, 0.05) is 34.1 Å². The lowest BCUT2D eigenvalue weighted by molar-refractivity contribution is 0.332. The average Bonchev–Trinajstić information content (AvgIpc) is 3.27. The summed E-state index contributed by atoms with van der Waals surface area (Å²) in [6.07, 6.45) is 2.37. The zero-order chi connectivity index (χ0) is 39.7. The van der Waals surface area contributed by atoms with Gasteiger partial charge in [0.2, 0.25) is 0 Å². The molecule has 0 fully saturated rings. The van der Waals surface area contributed by atoms with Gasteiger partial charge in [-0.2, -0.15) is 0 Å². The van der Waals surface area contributed by atoms with Gasteiger partial charge in [-0.05, 0) is 141 Å². The van der Waals surface area contributed by atoms with Crippen LogP contribution in [0.4, 0.5) is 34.1 Å². The summed E-state index contributed by atoms with van der Waals surface area (Å²) in [5.74, 6) is 0. The third kappa shape index (κ3) is 7.35. The van der Waals surface area contributed by atoms with Crippen LogP contribution in [0, 0.1) is 0 Å². The minimum absolute atomic E-state index is 0.106. The second-order valence-electron chi connectivity index (χ2n) is 16.9. The number of nitrogens with zero attached hydrogens (tertiary/aromatic N) is 2. The van der Waals surface area contributed by atoms with Crippen molar-refractivity contribution in [3.63, 3.8) is 0 Å². The number of benzene rings is 8. The highest BCUT2D eigenvalue weighted by atomic mass is 15.1. The molecule has 2 heteroatoms. The first-order valence-electron chi connectivity index (χ1n) is 20.6. The molecule has 0 amide bonds. The van der Waals surface area contributed by atoms with Gasteiger partial charge in [0.05, 0.1) is 0 Å². The van der Waals surface area contributed by atoms with E-state index in [1.807, 2.05) is 0 Å². The highest BCUT2D eigenvalue weighted by Gasteiger charge is 2.37. The molecule has 0 heterocycles. The van der Waals surface area contributed by atoms with Crippen LogP contribution in [0.5, 0.6) is 0 Å². The number of hydrogen-bond donors (Lipinski definition) is 0. The summed E-state index contributed by atoms with van der Waals surface area (Å²) in [7, 11) is 0. The zero-order valence-electron chi connectivity index (χ0n) is 33.9. The maximum atomic E-state index is 2.46. The van der Waals surface area contributed by atoms with Crippen molar-refractivity contribution in [1.29, 1.82) is 0 Å². The van der Waals surface area contributed by atoms with Crippen LogP contribution in [-0.4, -0.2) is 0 Å². The Labute approximate surface area is 344 Å². The summed E-state index contributed by atoms with van der Waals surface area (Å²) in [5, 5.41) is 0. The van der Waals surface area contributed by atoms with E-state index in [0.29, 0.717) is 0 Å². The van der Waals surface area contributed by atoms with Crippen LogP contribution in [0.25, 0.3) is 33.4 Å². The Morgan fingerprint density at radius 3 is 1.09 bits per heavy atom. The molecule has 0 N–H and O–H groups in total. The van der Waals surface area contributed by atoms with E-state index in [0.717, 1.165) is 28.4 Å². The fraction of sp³-hybridized carbons (Fsp3) is 0.143. The molecule has 0 saturated carbocycles. The first-order chi connectivity index (χ1) is 28.2. The predicted octanol–water partition coefficient (Wildman–Crippen LogP) is 16.0. The number of para-hydroxylation sites is 1. The van der Waals surface area contributed by atoms with Gasteiger partial charge in [-0.3, -0.25) is 0 Å². The largest absolute Gasteiger partial charge is 0.310 e. The normalized spacial score (nSPS) is 14.0. The van der Waals surface area contributed by atoms with Crippen molar-refractivity contribution in [3.05, 3.63) is 217 Å². The van der Waals surface area contributed by atoms with Gasteiger partial charge in [-0.15, -0.1) is 0 Å². The molecule has 1 aliphatic carbocycles. The van der Waals surface area contributed by atoms with Gasteiger partial charge in [0.25, 0.3) is 0 Å². The molecule has 0 aromatic heterocycles. The molecular weight excluding hydrogens is 701 g/mol. The summed E-state index contributed by atoms with van der Waals surface area (Å²) in [6.45, 7) is 9.61. The topological polar surface area (TPSA) is 6.48 Å². The summed E-state index contributed by atoms with van der Waals surface area (Å²) in [6, 6.07) is 74.9. The fourth-order valence-electron chi connectivity index (χ4n) is 8.70. The van der Waals surface area contributed by atoms with Crippen molar-refractivity contribution in [2.75, 3.05) is 9.80 Å². The average molecular weight is 751 g/mol. The van der Waals surface area contributed by atoms with E-state index in [1.165, 1.54) is 63.0 Å². The van der Waals surface area contributed by atoms with Gasteiger partial charge >= 0.3 is 0 Å². The predicted molar refractivity (Wildman–Crippen MR) is 247 cm³/mol. The number of rotatable bonds is 9. The minimum Gasteiger partial charge on any atom is -0.310 e. The van der Waals surface area contributed by atoms with E-state index in [4.69, 9.17) is 0 Å². The third-order valence-electron chi connectivity index (χ3n) is 12.1. The second-order valence-corrected chi connectivity index (χ2v) is 16.9. The SMILES string of the molecule is CC1(C)CCC(C)(C)c2cc(N(c3ccc(-c4ccc(N(c5ccccc5)c5cccc(-c6ccccc6)c5)cc4)cc3)c3cccc(-c4ccccc4)c3)ccc21. The van der Waals surface area contributed by atoms with Crippen LogP contribution in [-0.2, 0) is 10.8 Å². The standard InChI is InChI=1S/C56H50N2/c1-55(2)36-37-56(3,4)54-40-52(34-35-53(54)55)58(51-25-15-21-46(39-51)42-18-10-6-11-19-42)49-32-28-44(29-33-49)43-26-30-48(31-27-43)57(47-22-12-7-13-23-47)50-24-14-20-45(38-50)41-16-8-5-9-17-41/h5-35,38-40H,36-37H2,1-4H3. The third-order valence-corrected chi connectivity index (χ3v) is 12.1. The number of hydrogen-bond acceptors (Lipinski definition) is 2. The second kappa shape index (κ2) is 15.4. The molecule has 0 atom stereocenters. The van der Waals surface area contributed by atoms with Crippen LogP contribution in [0.3, 0.4) is 0 Å². The molecule has 2 nitrogen and oxygen atoms in total. The lowest BCUT2D eigenvalue weighted by Gasteiger charge is -2.42. The molecule has 0 spiro atoms. The maximum absolute atomic E-state index is 2.46. The van der Waals surface area contributed by atoms with Crippen molar-refractivity contribution in [1.82, 2.24) is 0 Å². The first kappa shape index (κ1) is 37.0. The van der Waals surface area contributed by atoms with Gasteiger partial charge in [-0.25, -0.2) is 0 Å². The molecule has 8 aromatic carbocycles. The van der Waals surface area contributed by atoms with E-state index in [9.17, 15) is 0 Å². The molecule has 9 rings (SSSR count). The summed E-state index contributed by atoms with van der Waals surface area (Å²) < 4.78 is 0. The molecule has 0 radical (unpaired) electrons. The molecule has 0 saturated heterocycles. The van der Waals surface area contributed by atoms with Crippen LogP contribution in [0.2, 0.25) is 0 Å². The Morgan fingerprint density at radius 1 is 0.276 bits per heavy atom. The summed E-state index contributed by atoms with van der Waals surface area (Å²) in [5.41, 5.74) is 17.2. The van der Waals surface area contributed by atoms with Gasteiger partial charge in [0.1, 0.15) is 0 Å². The van der Waals surface area contributed by atoms with Crippen LogP contribution < -0.4 is 9.80 Å². The highest BCUT2D eigenvalue weighted by Crippen LogP contribution is 2.48. The van der Waals surface area contributed by atoms with Crippen molar-refractivity contribution in [2.45, 2.75) is 51.4 Å². The van der Waals surface area contributed by atoms with Gasteiger partial charge in [0.15, 0.2) is 0 Å². The molecule has 1 aliphatic rings. The van der Waals surface area contributed by atoms with E-state index in [2.05, 4.69) is 244 Å². The van der Waals surface area contributed by atoms with Crippen molar-refractivity contribution in [2.24, 2.45) is 0 Å². The van der Waals surface area contributed by atoms with E-state index in [-0.39, 0.29) is 10.8 Å². The van der Waals surface area contributed by atoms with Crippen molar-refractivity contribution in [3.8, 4) is 33.4 Å². The van der Waals surface area contributed by atoms with E-state index in [1.54, 1.807) is 0 Å². The Balaban J connectivity index is 1.07. The molecule has 58 heavy (non-hydrogen) atoms. The van der Waals surface area contributed by atoms with Crippen molar-refractivity contribution >= 4 is 34.1 Å². The van der Waals surface area contributed by atoms with Gasteiger partial charge < -0.3 is 9.80 Å². The Kier molecular flexibility index (Phi) is 9.79. The van der Waals surface area contributed by atoms with Crippen LogP contribution in [0.15, 0.2) is 206 Å². The van der Waals surface area contributed by atoms with E-state index < -0.39 is 0 Å². The molecule has 8 aromatic rings. The van der Waals surface area contributed by atoms with Gasteiger partial charge in [-0.1, -0.05) is 161 Å². The molecule has 0 bridgehead atoms. The lowest BCUT2D eigenvalue weighted by Crippen LogP contribution is -2.34. The van der Waals surface area contributed by atoms with Crippen LogP contribution in [0.1, 0.15) is 51.7 Å². The van der Waals surface area contributed by atoms with Crippen LogP contribution >= 0.6 is 0 Å². The summed E-state index contributed by atoms with van der Waals surface area (Å²) in [4.78, 5) is 4.76. The Bertz CT molecular complexity index is 2640.